The number of amides is 1. The third kappa shape index (κ3) is 3.88. The van der Waals surface area contributed by atoms with Gasteiger partial charge in [0.1, 0.15) is 6.61 Å². The number of hydrogen-bond acceptors (Lipinski definition) is 3. The molecule has 0 radical (unpaired) electrons. The minimum atomic E-state index is -1.07. The molecule has 5 nitrogen and oxygen atoms in total. The van der Waals surface area contributed by atoms with Crippen molar-refractivity contribution in [1.29, 1.82) is 0 Å². The summed E-state index contributed by atoms with van der Waals surface area (Å²) in [4.78, 5) is 26.9. The second-order valence-corrected chi connectivity index (χ2v) is 8.73. The van der Waals surface area contributed by atoms with Crippen molar-refractivity contribution in [3.63, 3.8) is 0 Å². The minimum Gasteiger partial charge on any atom is -0.479 e. The third-order valence-corrected chi connectivity index (χ3v) is 6.76. The summed E-state index contributed by atoms with van der Waals surface area (Å²) >= 11 is 0. The Morgan fingerprint density at radius 1 is 0.909 bits per heavy atom. The highest BCUT2D eigenvalue weighted by Crippen LogP contribution is 2.45. The molecule has 1 fully saturated rings. The Morgan fingerprint density at radius 2 is 1.45 bits per heavy atom. The van der Waals surface area contributed by atoms with E-state index in [0.717, 1.165) is 40.7 Å². The number of likely N-dealkylation sites (N-methyl/N-ethyl adjacent to an activating group) is 1. The topological polar surface area (TPSA) is 66.8 Å². The number of ether oxygens (including phenoxy) is 1. The van der Waals surface area contributed by atoms with E-state index in [1.807, 2.05) is 48.5 Å². The van der Waals surface area contributed by atoms with Crippen LogP contribution in [0.15, 0.2) is 72.8 Å². The van der Waals surface area contributed by atoms with E-state index in [2.05, 4.69) is 24.3 Å². The number of rotatable bonds is 7. The van der Waals surface area contributed by atoms with Gasteiger partial charge in [-0.05, 0) is 59.1 Å². The van der Waals surface area contributed by atoms with Gasteiger partial charge in [-0.25, -0.2) is 9.59 Å². The standard InChI is InChI=1S/C28H27NO4/c1-2-29(26(27(30)31)24-14-8-3-9-19(24)18-15-16-18)28(32)33-17-25-22-12-6-4-10-20(22)21-11-5-7-13-23(21)25/h3-14,18,25-26H,2,15-17H2,1H3,(H,30,31). The molecule has 0 aromatic heterocycles. The normalized spacial score (nSPS) is 15.4. The SMILES string of the molecule is CCN(C(=O)OCC1c2ccccc2-c2ccccc21)C(C(=O)O)c1ccccc1C1CC1. The second-order valence-electron chi connectivity index (χ2n) is 8.73. The quantitative estimate of drug-likeness (QED) is 0.491. The van der Waals surface area contributed by atoms with Crippen LogP contribution in [0.2, 0.25) is 0 Å². The minimum absolute atomic E-state index is 0.0675. The highest BCUT2D eigenvalue weighted by molar-refractivity contribution is 5.82. The lowest BCUT2D eigenvalue weighted by Gasteiger charge is -2.29. The summed E-state index contributed by atoms with van der Waals surface area (Å²) in [6.07, 6.45) is 1.51. The number of carboxylic acid groups (broad SMARTS) is 1. The fourth-order valence-electron chi connectivity index (χ4n) is 5.05. The van der Waals surface area contributed by atoms with Gasteiger partial charge in [0, 0.05) is 12.5 Å². The summed E-state index contributed by atoms with van der Waals surface area (Å²) in [7, 11) is 0. The van der Waals surface area contributed by atoms with Gasteiger partial charge in [0.05, 0.1) is 0 Å². The first kappa shape index (κ1) is 21.3. The van der Waals surface area contributed by atoms with Gasteiger partial charge >= 0.3 is 12.1 Å². The Balaban J connectivity index is 1.39. The highest BCUT2D eigenvalue weighted by atomic mass is 16.6. The molecule has 1 atom stereocenters. The number of aliphatic carboxylic acids is 1. The summed E-state index contributed by atoms with van der Waals surface area (Å²) < 4.78 is 5.78. The number of carbonyl (C=O) groups excluding carboxylic acids is 1. The largest absolute Gasteiger partial charge is 0.479 e. The Morgan fingerprint density at radius 3 is 2.00 bits per heavy atom. The van der Waals surface area contributed by atoms with Crippen LogP contribution in [0.4, 0.5) is 4.79 Å². The molecule has 3 aromatic carbocycles. The van der Waals surface area contributed by atoms with Crippen molar-refractivity contribution in [1.82, 2.24) is 4.90 Å². The molecule has 0 spiro atoms. The second kappa shape index (κ2) is 8.74. The monoisotopic (exact) mass is 441 g/mol. The molecule has 2 aliphatic carbocycles. The maximum Gasteiger partial charge on any atom is 0.410 e. The van der Waals surface area contributed by atoms with E-state index in [1.165, 1.54) is 4.90 Å². The van der Waals surface area contributed by atoms with Gasteiger partial charge in [0.2, 0.25) is 0 Å². The average molecular weight is 442 g/mol. The molecule has 2 aliphatic rings. The fraction of sp³-hybridized carbons (Fsp3) is 0.286. The summed E-state index contributed by atoms with van der Waals surface area (Å²) in [5, 5.41) is 10.1. The van der Waals surface area contributed by atoms with E-state index in [9.17, 15) is 14.7 Å². The third-order valence-electron chi connectivity index (χ3n) is 6.76. The van der Waals surface area contributed by atoms with Gasteiger partial charge in [0.15, 0.2) is 6.04 Å². The number of fused-ring (bicyclic) bond motifs is 3. The van der Waals surface area contributed by atoms with E-state index >= 15 is 0 Å². The summed E-state index contributed by atoms with van der Waals surface area (Å²) in [6, 6.07) is 22.8. The maximum absolute atomic E-state index is 13.2. The van der Waals surface area contributed by atoms with Crippen molar-refractivity contribution in [3.05, 3.63) is 95.1 Å². The lowest BCUT2D eigenvalue weighted by atomic mass is 9.96. The van der Waals surface area contributed by atoms with E-state index in [4.69, 9.17) is 4.74 Å². The van der Waals surface area contributed by atoms with Crippen LogP contribution in [-0.4, -0.2) is 35.2 Å². The number of carbonyl (C=O) groups is 2. The molecule has 3 aromatic rings. The molecule has 1 saturated carbocycles. The van der Waals surface area contributed by atoms with E-state index in [1.54, 1.807) is 6.92 Å². The molecule has 168 valence electrons. The fourth-order valence-corrected chi connectivity index (χ4v) is 5.05. The lowest BCUT2D eigenvalue weighted by Crippen LogP contribution is -2.40. The molecule has 0 aliphatic heterocycles. The van der Waals surface area contributed by atoms with Crippen LogP contribution in [0.1, 0.15) is 59.9 Å². The molecule has 33 heavy (non-hydrogen) atoms. The van der Waals surface area contributed by atoms with Gasteiger partial charge in [0.25, 0.3) is 0 Å². The molecule has 1 amide bonds. The molecular weight excluding hydrogens is 414 g/mol. The predicted octanol–water partition coefficient (Wildman–Crippen LogP) is 5.96. The Bertz CT molecular complexity index is 1150. The zero-order valence-electron chi connectivity index (χ0n) is 18.6. The number of benzene rings is 3. The van der Waals surface area contributed by atoms with Crippen molar-refractivity contribution >= 4 is 12.1 Å². The van der Waals surface area contributed by atoms with Crippen LogP contribution in [0.3, 0.4) is 0 Å². The first-order valence-corrected chi connectivity index (χ1v) is 11.5. The molecule has 5 rings (SSSR count). The van der Waals surface area contributed by atoms with Crippen molar-refractivity contribution in [2.24, 2.45) is 0 Å². The van der Waals surface area contributed by atoms with Crippen molar-refractivity contribution < 1.29 is 19.4 Å². The van der Waals surface area contributed by atoms with Crippen molar-refractivity contribution in [2.75, 3.05) is 13.2 Å². The van der Waals surface area contributed by atoms with Gasteiger partial charge < -0.3 is 9.84 Å². The van der Waals surface area contributed by atoms with Gasteiger partial charge in [-0.15, -0.1) is 0 Å². The lowest BCUT2D eigenvalue weighted by molar-refractivity contribution is -0.143. The molecule has 0 saturated heterocycles. The van der Waals surface area contributed by atoms with Crippen LogP contribution >= 0.6 is 0 Å². The number of nitrogens with zero attached hydrogens (tertiary/aromatic N) is 1. The maximum atomic E-state index is 13.2. The van der Waals surface area contributed by atoms with Crippen LogP contribution in [0.5, 0.6) is 0 Å². The first-order chi connectivity index (χ1) is 16.1. The van der Waals surface area contributed by atoms with Crippen LogP contribution in [-0.2, 0) is 9.53 Å². The summed E-state index contributed by atoms with van der Waals surface area (Å²) in [6.45, 7) is 2.20. The van der Waals surface area contributed by atoms with E-state index < -0.39 is 18.1 Å². The molecule has 5 heteroatoms. The highest BCUT2D eigenvalue weighted by Gasteiger charge is 2.37. The molecule has 1 N–H and O–H groups in total. The van der Waals surface area contributed by atoms with Gasteiger partial charge in [-0.1, -0.05) is 72.8 Å². The van der Waals surface area contributed by atoms with Crippen molar-refractivity contribution in [2.45, 2.75) is 37.6 Å². The van der Waals surface area contributed by atoms with Gasteiger partial charge in [-0.3, -0.25) is 4.90 Å². The number of hydrogen-bond donors (Lipinski definition) is 1. The smallest absolute Gasteiger partial charge is 0.410 e. The molecular formula is C28H27NO4. The zero-order valence-corrected chi connectivity index (χ0v) is 18.6. The van der Waals surface area contributed by atoms with Crippen molar-refractivity contribution in [3.8, 4) is 11.1 Å². The zero-order chi connectivity index (χ0) is 22.9. The van der Waals surface area contributed by atoms with E-state index in [-0.39, 0.29) is 19.1 Å². The van der Waals surface area contributed by atoms with Crippen LogP contribution < -0.4 is 0 Å². The first-order valence-electron chi connectivity index (χ1n) is 11.5. The molecule has 0 bridgehead atoms. The predicted molar refractivity (Wildman–Crippen MR) is 126 cm³/mol. The molecule has 1 unspecified atom stereocenters. The van der Waals surface area contributed by atoms with Crippen LogP contribution in [0.25, 0.3) is 11.1 Å². The van der Waals surface area contributed by atoms with Crippen LogP contribution in [0, 0.1) is 0 Å². The van der Waals surface area contributed by atoms with E-state index in [0.29, 0.717) is 11.5 Å². The Hall–Kier alpha value is -3.60. The number of carboxylic acids is 1. The van der Waals surface area contributed by atoms with Gasteiger partial charge in [-0.2, -0.15) is 0 Å². The Kier molecular flexibility index (Phi) is 5.63. The summed E-state index contributed by atoms with van der Waals surface area (Å²) in [5.74, 6) is -0.732. The summed E-state index contributed by atoms with van der Waals surface area (Å²) in [5.41, 5.74) is 6.27. The Labute approximate surface area is 193 Å². The molecule has 0 heterocycles. The average Bonchev–Trinajstić information content (AvgIpc) is 3.63.